The number of ether oxygens (including phenoxy) is 1. The molecule has 3 rings (SSSR count). The molecule has 4 heteroatoms. The van der Waals surface area contributed by atoms with Gasteiger partial charge >= 0.3 is 0 Å². The molecule has 0 fully saturated rings. The third-order valence-corrected chi connectivity index (χ3v) is 3.24. The molecule has 0 unspecified atom stereocenters. The maximum Gasteiger partial charge on any atom is 0.255 e. The van der Waals surface area contributed by atoms with Gasteiger partial charge < -0.3 is 10.1 Å². The summed E-state index contributed by atoms with van der Waals surface area (Å²) in [5.41, 5.74) is 1.30. The lowest BCUT2D eigenvalue weighted by atomic mass is 10.1. The van der Waals surface area contributed by atoms with Gasteiger partial charge in [-0.05, 0) is 17.5 Å². The Hall–Kier alpha value is -2.88. The minimum Gasteiger partial charge on any atom is -0.481 e. The van der Waals surface area contributed by atoms with E-state index in [2.05, 4.69) is 10.3 Å². The van der Waals surface area contributed by atoms with Gasteiger partial charge in [0, 0.05) is 28.9 Å². The van der Waals surface area contributed by atoms with Crippen LogP contribution in [0.25, 0.3) is 10.8 Å². The second kappa shape index (κ2) is 5.63. The fourth-order valence-corrected chi connectivity index (χ4v) is 2.19. The van der Waals surface area contributed by atoms with Crippen molar-refractivity contribution in [3.8, 4) is 5.88 Å². The Balaban J connectivity index is 1.93. The van der Waals surface area contributed by atoms with Gasteiger partial charge in [0.15, 0.2) is 0 Å². The van der Waals surface area contributed by atoms with Crippen molar-refractivity contribution in [1.29, 1.82) is 0 Å². The molecule has 1 amide bonds. The maximum atomic E-state index is 12.3. The lowest BCUT2D eigenvalue weighted by molar-refractivity contribution is 0.102. The highest BCUT2D eigenvalue weighted by Crippen LogP contribution is 2.23. The van der Waals surface area contributed by atoms with Crippen molar-refractivity contribution in [3.05, 3.63) is 66.4 Å². The van der Waals surface area contributed by atoms with E-state index in [-0.39, 0.29) is 5.91 Å². The monoisotopic (exact) mass is 278 g/mol. The SMILES string of the molecule is COc1cc(C(=O)Nc2cccc3ccccc23)ccn1. The van der Waals surface area contributed by atoms with E-state index in [1.54, 1.807) is 18.3 Å². The third kappa shape index (κ3) is 2.69. The highest BCUT2D eigenvalue weighted by Gasteiger charge is 2.09. The molecule has 1 aromatic heterocycles. The van der Waals surface area contributed by atoms with E-state index in [0.717, 1.165) is 16.5 Å². The number of carbonyl (C=O) groups is 1. The quantitative estimate of drug-likeness (QED) is 0.797. The van der Waals surface area contributed by atoms with E-state index in [0.29, 0.717) is 11.4 Å². The number of fused-ring (bicyclic) bond motifs is 1. The normalized spacial score (nSPS) is 10.3. The number of nitrogens with one attached hydrogen (secondary N) is 1. The average Bonchev–Trinajstić information content (AvgIpc) is 2.55. The molecule has 0 aliphatic rings. The smallest absolute Gasteiger partial charge is 0.255 e. The molecule has 0 atom stereocenters. The van der Waals surface area contributed by atoms with Crippen LogP contribution in [-0.2, 0) is 0 Å². The Labute approximate surface area is 122 Å². The number of pyridine rings is 1. The number of benzene rings is 2. The molecule has 0 bridgehead atoms. The van der Waals surface area contributed by atoms with Crippen molar-refractivity contribution in [2.75, 3.05) is 12.4 Å². The predicted octanol–water partition coefficient (Wildman–Crippen LogP) is 3.50. The fourth-order valence-electron chi connectivity index (χ4n) is 2.19. The Bertz CT molecular complexity index is 794. The lowest BCUT2D eigenvalue weighted by Gasteiger charge is -2.09. The first-order valence-electron chi connectivity index (χ1n) is 6.57. The highest BCUT2D eigenvalue weighted by molar-refractivity contribution is 6.09. The second-order valence-corrected chi connectivity index (χ2v) is 4.57. The van der Waals surface area contributed by atoms with Crippen LogP contribution in [0.4, 0.5) is 5.69 Å². The van der Waals surface area contributed by atoms with Crippen molar-refractivity contribution in [3.63, 3.8) is 0 Å². The summed E-state index contributed by atoms with van der Waals surface area (Å²) >= 11 is 0. The number of nitrogens with zero attached hydrogens (tertiary/aromatic N) is 1. The topological polar surface area (TPSA) is 51.2 Å². The maximum absolute atomic E-state index is 12.3. The Morgan fingerprint density at radius 1 is 1.10 bits per heavy atom. The van der Waals surface area contributed by atoms with E-state index in [4.69, 9.17) is 4.74 Å². The molecule has 0 saturated carbocycles. The van der Waals surface area contributed by atoms with Gasteiger partial charge in [-0.1, -0.05) is 36.4 Å². The third-order valence-electron chi connectivity index (χ3n) is 3.24. The van der Waals surface area contributed by atoms with Crippen LogP contribution in [0.3, 0.4) is 0 Å². The van der Waals surface area contributed by atoms with Gasteiger partial charge in [-0.15, -0.1) is 0 Å². The largest absolute Gasteiger partial charge is 0.481 e. The number of hydrogen-bond acceptors (Lipinski definition) is 3. The summed E-state index contributed by atoms with van der Waals surface area (Å²) in [6.07, 6.45) is 1.55. The molecule has 1 heterocycles. The van der Waals surface area contributed by atoms with Crippen LogP contribution < -0.4 is 10.1 Å². The molecule has 21 heavy (non-hydrogen) atoms. The Kier molecular flexibility index (Phi) is 3.51. The van der Waals surface area contributed by atoms with Crippen molar-refractivity contribution in [2.24, 2.45) is 0 Å². The van der Waals surface area contributed by atoms with Gasteiger partial charge in [0.05, 0.1) is 7.11 Å². The number of rotatable bonds is 3. The number of aromatic nitrogens is 1. The van der Waals surface area contributed by atoms with Crippen LogP contribution in [0.15, 0.2) is 60.8 Å². The molecule has 104 valence electrons. The molecule has 0 saturated heterocycles. The van der Waals surface area contributed by atoms with E-state index in [1.807, 2.05) is 42.5 Å². The number of hydrogen-bond donors (Lipinski definition) is 1. The van der Waals surface area contributed by atoms with Crippen LogP contribution in [0.1, 0.15) is 10.4 Å². The summed E-state index contributed by atoms with van der Waals surface area (Å²) in [5.74, 6) is 0.229. The minimum absolute atomic E-state index is 0.188. The van der Waals surface area contributed by atoms with Crippen LogP contribution in [0.5, 0.6) is 5.88 Å². The van der Waals surface area contributed by atoms with Gasteiger partial charge in [0.25, 0.3) is 5.91 Å². The molecule has 0 radical (unpaired) electrons. The van der Waals surface area contributed by atoms with Gasteiger partial charge in [0.2, 0.25) is 5.88 Å². The molecule has 3 aromatic rings. The first-order valence-corrected chi connectivity index (χ1v) is 6.57. The average molecular weight is 278 g/mol. The summed E-state index contributed by atoms with van der Waals surface area (Å²) in [4.78, 5) is 16.3. The van der Waals surface area contributed by atoms with Gasteiger partial charge in [-0.3, -0.25) is 4.79 Å². The Morgan fingerprint density at radius 3 is 2.76 bits per heavy atom. The Morgan fingerprint density at radius 2 is 1.90 bits per heavy atom. The fraction of sp³-hybridized carbons (Fsp3) is 0.0588. The zero-order chi connectivity index (χ0) is 14.7. The summed E-state index contributed by atoms with van der Waals surface area (Å²) < 4.78 is 5.03. The number of carbonyl (C=O) groups excluding carboxylic acids is 1. The molecule has 2 aromatic carbocycles. The van der Waals surface area contributed by atoms with Gasteiger partial charge in [0.1, 0.15) is 0 Å². The lowest BCUT2D eigenvalue weighted by Crippen LogP contribution is -2.12. The van der Waals surface area contributed by atoms with Crippen molar-refractivity contribution in [1.82, 2.24) is 4.98 Å². The molecular formula is C17H14N2O2. The van der Waals surface area contributed by atoms with Crippen molar-refractivity contribution >= 4 is 22.4 Å². The van der Waals surface area contributed by atoms with Crippen LogP contribution in [0, 0.1) is 0 Å². The van der Waals surface area contributed by atoms with Crippen LogP contribution >= 0.6 is 0 Å². The summed E-state index contributed by atoms with van der Waals surface area (Å²) in [7, 11) is 1.52. The zero-order valence-corrected chi connectivity index (χ0v) is 11.5. The second-order valence-electron chi connectivity index (χ2n) is 4.57. The standard InChI is InChI=1S/C17H14N2O2/c1-21-16-11-13(9-10-18-16)17(20)19-15-8-4-6-12-5-2-3-7-14(12)15/h2-11H,1H3,(H,19,20). The zero-order valence-electron chi connectivity index (χ0n) is 11.5. The molecular weight excluding hydrogens is 264 g/mol. The predicted molar refractivity (Wildman–Crippen MR) is 82.7 cm³/mol. The number of anilines is 1. The molecule has 0 spiro atoms. The number of methoxy groups -OCH3 is 1. The summed E-state index contributed by atoms with van der Waals surface area (Å²) in [6.45, 7) is 0. The summed E-state index contributed by atoms with van der Waals surface area (Å²) in [6, 6.07) is 17.0. The molecule has 0 aliphatic carbocycles. The van der Waals surface area contributed by atoms with E-state index >= 15 is 0 Å². The highest BCUT2D eigenvalue weighted by atomic mass is 16.5. The first kappa shape index (κ1) is 13.1. The van der Waals surface area contributed by atoms with Gasteiger partial charge in [-0.2, -0.15) is 0 Å². The van der Waals surface area contributed by atoms with Crippen LogP contribution in [-0.4, -0.2) is 18.0 Å². The minimum atomic E-state index is -0.188. The van der Waals surface area contributed by atoms with E-state index in [1.165, 1.54) is 7.11 Å². The number of amides is 1. The van der Waals surface area contributed by atoms with Crippen molar-refractivity contribution in [2.45, 2.75) is 0 Å². The van der Waals surface area contributed by atoms with E-state index < -0.39 is 0 Å². The molecule has 0 aliphatic heterocycles. The van der Waals surface area contributed by atoms with Gasteiger partial charge in [-0.25, -0.2) is 4.98 Å². The molecule has 1 N–H and O–H groups in total. The van der Waals surface area contributed by atoms with E-state index in [9.17, 15) is 4.79 Å². The van der Waals surface area contributed by atoms with Crippen LogP contribution in [0.2, 0.25) is 0 Å². The molecule has 4 nitrogen and oxygen atoms in total. The van der Waals surface area contributed by atoms with Crippen molar-refractivity contribution < 1.29 is 9.53 Å². The summed E-state index contributed by atoms with van der Waals surface area (Å²) in [5, 5.41) is 5.02. The first-order chi connectivity index (χ1) is 10.3.